The van der Waals surface area contributed by atoms with Gasteiger partial charge in [0.15, 0.2) is 0 Å². The van der Waals surface area contributed by atoms with Crippen LogP contribution in [-0.4, -0.2) is 39.5 Å². The first-order chi connectivity index (χ1) is 8.93. The molecule has 0 aliphatic carbocycles. The molecule has 0 bridgehead atoms. The highest BCUT2D eigenvalue weighted by molar-refractivity contribution is 9.11. The van der Waals surface area contributed by atoms with Crippen LogP contribution in [0, 0.1) is 0 Å². The van der Waals surface area contributed by atoms with Crippen molar-refractivity contribution in [1.29, 1.82) is 0 Å². The number of halogens is 2. The molecule has 0 spiro atoms. The van der Waals surface area contributed by atoms with E-state index in [4.69, 9.17) is 4.74 Å². The fourth-order valence-electron chi connectivity index (χ4n) is 1.46. The number of methoxy groups -OCH3 is 1. The van der Waals surface area contributed by atoms with Gasteiger partial charge in [0.1, 0.15) is 0 Å². The maximum Gasteiger partial charge on any atom is 0.244 e. The molecule has 7 heteroatoms. The van der Waals surface area contributed by atoms with Gasteiger partial charge in [0.25, 0.3) is 0 Å². The first-order valence-electron chi connectivity index (χ1n) is 5.48. The van der Waals surface area contributed by atoms with Crippen LogP contribution in [0.5, 0.6) is 0 Å². The molecule has 1 aromatic carbocycles. The van der Waals surface area contributed by atoms with Gasteiger partial charge in [0.2, 0.25) is 10.0 Å². The third-order valence-electron chi connectivity index (χ3n) is 2.39. The zero-order valence-corrected chi connectivity index (χ0v) is 14.5. The van der Waals surface area contributed by atoms with Crippen LogP contribution in [-0.2, 0) is 14.8 Å². The second-order valence-electron chi connectivity index (χ2n) is 3.72. The van der Waals surface area contributed by atoms with Crippen LogP contribution in [0.15, 0.2) is 44.7 Å². The van der Waals surface area contributed by atoms with Crippen LogP contribution in [0.25, 0.3) is 0 Å². The monoisotopic (exact) mass is 411 g/mol. The number of sulfonamides is 1. The molecule has 0 amide bonds. The number of rotatable bonds is 7. The van der Waals surface area contributed by atoms with E-state index in [9.17, 15) is 8.42 Å². The lowest BCUT2D eigenvalue weighted by molar-refractivity contribution is 0.182. The van der Waals surface area contributed by atoms with Crippen molar-refractivity contribution in [3.63, 3.8) is 0 Å². The van der Waals surface area contributed by atoms with Gasteiger partial charge in [-0.3, -0.25) is 0 Å². The van der Waals surface area contributed by atoms with Gasteiger partial charge in [-0.05, 0) is 34.1 Å². The van der Waals surface area contributed by atoms with Crippen molar-refractivity contribution in [2.24, 2.45) is 0 Å². The molecule has 1 rings (SSSR count). The van der Waals surface area contributed by atoms with E-state index in [0.29, 0.717) is 15.6 Å². The van der Waals surface area contributed by atoms with Gasteiger partial charge in [-0.15, -0.1) is 6.58 Å². The van der Waals surface area contributed by atoms with Gasteiger partial charge in [-0.2, -0.15) is 4.31 Å². The number of benzene rings is 1. The smallest absolute Gasteiger partial charge is 0.244 e. The maximum absolute atomic E-state index is 12.6. The van der Waals surface area contributed by atoms with Gasteiger partial charge in [-0.25, -0.2) is 8.42 Å². The summed E-state index contributed by atoms with van der Waals surface area (Å²) in [5, 5.41) is 0. The van der Waals surface area contributed by atoms with Crippen molar-refractivity contribution in [3.8, 4) is 0 Å². The summed E-state index contributed by atoms with van der Waals surface area (Å²) in [6.45, 7) is 4.44. The van der Waals surface area contributed by atoms with Gasteiger partial charge in [0.05, 0.1) is 11.5 Å². The number of hydrogen-bond acceptors (Lipinski definition) is 3. The fraction of sp³-hybridized carbons (Fsp3) is 0.333. The summed E-state index contributed by atoms with van der Waals surface area (Å²) < 4.78 is 32.7. The highest BCUT2D eigenvalue weighted by atomic mass is 79.9. The molecule has 0 aliphatic heterocycles. The number of ether oxygens (including phenoxy) is 1. The summed E-state index contributed by atoms with van der Waals surface area (Å²) in [4.78, 5) is 0.222. The Labute approximate surface area is 130 Å². The Bertz CT molecular complexity index is 546. The molecule has 0 unspecified atom stereocenters. The molecule has 0 atom stereocenters. The summed E-state index contributed by atoms with van der Waals surface area (Å²) in [6, 6.07) is 5.04. The molecule has 0 aliphatic rings. The van der Waals surface area contributed by atoms with E-state index in [0.717, 1.165) is 0 Å². The Kier molecular flexibility index (Phi) is 6.68. The van der Waals surface area contributed by atoms with Crippen LogP contribution >= 0.6 is 31.9 Å². The molecule has 0 fully saturated rings. The van der Waals surface area contributed by atoms with E-state index in [1.165, 1.54) is 11.4 Å². The summed E-state index contributed by atoms with van der Waals surface area (Å²) in [5.74, 6) is 0. The lowest BCUT2D eigenvalue weighted by Crippen LogP contribution is -2.34. The van der Waals surface area contributed by atoms with E-state index in [-0.39, 0.29) is 18.0 Å². The molecule has 0 radical (unpaired) electrons. The predicted molar refractivity (Wildman–Crippen MR) is 82.7 cm³/mol. The zero-order valence-electron chi connectivity index (χ0n) is 10.5. The van der Waals surface area contributed by atoms with E-state index in [2.05, 4.69) is 38.4 Å². The van der Waals surface area contributed by atoms with Crippen LogP contribution in [0.3, 0.4) is 0 Å². The summed E-state index contributed by atoms with van der Waals surface area (Å²) in [6.07, 6.45) is 1.55. The average molecular weight is 413 g/mol. The Morgan fingerprint density at radius 1 is 1.42 bits per heavy atom. The van der Waals surface area contributed by atoms with Gasteiger partial charge in [0, 0.05) is 29.1 Å². The van der Waals surface area contributed by atoms with E-state index in [1.807, 2.05) is 0 Å². The Hall–Kier alpha value is -0.210. The Morgan fingerprint density at radius 2 is 2.11 bits per heavy atom. The van der Waals surface area contributed by atoms with Crippen molar-refractivity contribution >= 4 is 41.9 Å². The van der Waals surface area contributed by atoms with Crippen LogP contribution in [0.4, 0.5) is 0 Å². The molecule has 4 nitrogen and oxygen atoms in total. The van der Waals surface area contributed by atoms with Crippen LogP contribution in [0.2, 0.25) is 0 Å². The number of hydrogen-bond donors (Lipinski definition) is 0. The van der Waals surface area contributed by atoms with Crippen molar-refractivity contribution in [1.82, 2.24) is 4.31 Å². The Balaban J connectivity index is 3.18. The van der Waals surface area contributed by atoms with E-state index in [1.54, 1.807) is 24.3 Å². The fourth-order valence-corrected chi connectivity index (χ4v) is 4.32. The third-order valence-corrected chi connectivity index (χ3v) is 5.74. The van der Waals surface area contributed by atoms with Crippen molar-refractivity contribution in [3.05, 3.63) is 39.8 Å². The SMILES string of the molecule is C=CCN(CCOC)S(=O)(=O)c1cc(Br)ccc1Br. The average Bonchev–Trinajstić information content (AvgIpc) is 2.37. The maximum atomic E-state index is 12.6. The molecule has 1 aromatic rings. The zero-order chi connectivity index (χ0) is 14.5. The minimum Gasteiger partial charge on any atom is -0.383 e. The second kappa shape index (κ2) is 7.54. The minimum atomic E-state index is -3.58. The predicted octanol–water partition coefficient (Wildman–Crippen LogP) is 3.03. The van der Waals surface area contributed by atoms with Gasteiger partial charge in [-0.1, -0.05) is 22.0 Å². The molecule has 19 heavy (non-hydrogen) atoms. The van der Waals surface area contributed by atoms with E-state index >= 15 is 0 Å². The molecular formula is C12H15Br2NO3S. The highest BCUT2D eigenvalue weighted by Gasteiger charge is 2.25. The van der Waals surface area contributed by atoms with Crippen molar-refractivity contribution < 1.29 is 13.2 Å². The molecular weight excluding hydrogens is 398 g/mol. The lowest BCUT2D eigenvalue weighted by Gasteiger charge is -2.21. The first kappa shape index (κ1) is 16.8. The standard InChI is InChI=1S/C12H15Br2NO3S/c1-3-6-15(7-8-18-2)19(16,17)12-9-10(13)4-5-11(12)14/h3-5,9H,1,6-8H2,2H3. The molecule has 0 saturated heterocycles. The summed E-state index contributed by atoms with van der Waals surface area (Å²) in [7, 11) is -2.05. The van der Waals surface area contributed by atoms with Crippen LogP contribution in [0.1, 0.15) is 0 Å². The quantitative estimate of drug-likeness (QED) is 0.646. The first-order valence-corrected chi connectivity index (χ1v) is 8.51. The number of nitrogens with zero attached hydrogens (tertiary/aromatic N) is 1. The molecule has 0 N–H and O–H groups in total. The lowest BCUT2D eigenvalue weighted by atomic mass is 10.4. The van der Waals surface area contributed by atoms with E-state index < -0.39 is 10.0 Å². The Morgan fingerprint density at radius 3 is 2.68 bits per heavy atom. The summed E-state index contributed by atoms with van der Waals surface area (Å²) in [5.41, 5.74) is 0. The van der Waals surface area contributed by atoms with Crippen molar-refractivity contribution in [2.75, 3.05) is 26.8 Å². The minimum absolute atomic E-state index is 0.222. The molecule has 106 valence electrons. The van der Waals surface area contributed by atoms with Crippen LogP contribution < -0.4 is 0 Å². The third kappa shape index (κ3) is 4.39. The summed E-state index contributed by atoms with van der Waals surface area (Å²) >= 11 is 6.55. The molecule has 0 aromatic heterocycles. The van der Waals surface area contributed by atoms with Gasteiger partial charge < -0.3 is 4.74 Å². The highest BCUT2D eigenvalue weighted by Crippen LogP contribution is 2.28. The normalized spacial score (nSPS) is 11.8. The molecule has 0 heterocycles. The largest absolute Gasteiger partial charge is 0.383 e. The topological polar surface area (TPSA) is 46.6 Å². The van der Waals surface area contributed by atoms with Gasteiger partial charge >= 0.3 is 0 Å². The van der Waals surface area contributed by atoms with Crippen molar-refractivity contribution in [2.45, 2.75) is 4.90 Å². The second-order valence-corrected chi connectivity index (χ2v) is 7.40. The molecule has 0 saturated carbocycles.